The van der Waals surface area contributed by atoms with E-state index in [1.807, 2.05) is 43.3 Å². The quantitative estimate of drug-likeness (QED) is 0.902. The van der Waals surface area contributed by atoms with Crippen LogP contribution in [0.15, 0.2) is 48.5 Å². The number of likely N-dealkylation sites (tertiary alicyclic amines) is 1. The summed E-state index contributed by atoms with van der Waals surface area (Å²) in [5.74, 6) is -0.547. The zero-order chi connectivity index (χ0) is 19.4. The molecule has 0 atom stereocenters. The minimum atomic E-state index is -0.355. The minimum absolute atomic E-state index is 0.0447. The molecule has 6 heteroatoms. The third-order valence-electron chi connectivity index (χ3n) is 4.85. The number of nitrogens with one attached hydrogen (secondary N) is 1. The number of rotatable bonds is 4. The predicted octanol–water partition coefficient (Wildman–Crippen LogP) is 2.93. The lowest BCUT2D eigenvalue weighted by atomic mass is 10.0. The Kier molecular flexibility index (Phi) is 5.74. The lowest BCUT2D eigenvalue weighted by molar-refractivity contribution is 0.0698. The van der Waals surface area contributed by atoms with E-state index in [-0.39, 0.29) is 23.7 Å². The van der Waals surface area contributed by atoms with Crippen LogP contribution in [0, 0.1) is 5.82 Å². The van der Waals surface area contributed by atoms with Gasteiger partial charge in [0.25, 0.3) is 11.8 Å². The average molecular weight is 369 g/mol. The second-order valence-corrected chi connectivity index (χ2v) is 6.99. The van der Waals surface area contributed by atoms with Crippen molar-refractivity contribution in [2.75, 3.05) is 32.1 Å². The molecule has 0 saturated carbocycles. The molecular weight excluding hydrogens is 345 g/mol. The Morgan fingerprint density at radius 1 is 0.963 bits per heavy atom. The number of amides is 2. The van der Waals surface area contributed by atoms with E-state index in [0.29, 0.717) is 37.1 Å². The maximum Gasteiger partial charge on any atom is 0.253 e. The largest absolute Gasteiger partial charge is 0.378 e. The SMILES string of the molecule is CN(C)c1ccc(C(=O)NC2CCN(C(=O)c3ccc(F)cc3)CC2)cc1. The van der Waals surface area contributed by atoms with Crippen LogP contribution < -0.4 is 10.2 Å². The van der Waals surface area contributed by atoms with Gasteiger partial charge in [0, 0.05) is 50.0 Å². The van der Waals surface area contributed by atoms with Crippen LogP contribution in [0.4, 0.5) is 10.1 Å². The van der Waals surface area contributed by atoms with Crippen molar-refractivity contribution in [1.29, 1.82) is 0 Å². The van der Waals surface area contributed by atoms with Crippen LogP contribution in [0.25, 0.3) is 0 Å². The van der Waals surface area contributed by atoms with Crippen molar-refractivity contribution < 1.29 is 14.0 Å². The smallest absolute Gasteiger partial charge is 0.253 e. The van der Waals surface area contributed by atoms with E-state index in [4.69, 9.17) is 0 Å². The number of carbonyl (C=O) groups excluding carboxylic acids is 2. The number of benzene rings is 2. The summed E-state index contributed by atoms with van der Waals surface area (Å²) < 4.78 is 13.0. The summed E-state index contributed by atoms with van der Waals surface area (Å²) in [6.07, 6.45) is 1.41. The molecule has 3 rings (SSSR count). The molecule has 2 amide bonds. The van der Waals surface area contributed by atoms with Crippen molar-refractivity contribution in [3.8, 4) is 0 Å². The van der Waals surface area contributed by atoms with Gasteiger partial charge in [-0.3, -0.25) is 9.59 Å². The highest BCUT2D eigenvalue weighted by Crippen LogP contribution is 2.16. The van der Waals surface area contributed by atoms with Crippen LogP contribution in [0.1, 0.15) is 33.6 Å². The molecule has 0 aromatic heterocycles. The Labute approximate surface area is 158 Å². The molecule has 0 spiro atoms. The molecule has 0 radical (unpaired) electrons. The first-order valence-corrected chi connectivity index (χ1v) is 9.07. The molecule has 0 aliphatic carbocycles. The van der Waals surface area contributed by atoms with E-state index in [1.54, 1.807) is 4.90 Å². The summed E-state index contributed by atoms with van der Waals surface area (Å²) in [4.78, 5) is 28.6. The van der Waals surface area contributed by atoms with E-state index in [1.165, 1.54) is 24.3 Å². The Morgan fingerprint density at radius 2 is 1.52 bits per heavy atom. The predicted molar refractivity (Wildman–Crippen MR) is 104 cm³/mol. The summed E-state index contributed by atoms with van der Waals surface area (Å²) in [6.45, 7) is 1.14. The van der Waals surface area contributed by atoms with Crippen molar-refractivity contribution in [2.45, 2.75) is 18.9 Å². The topological polar surface area (TPSA) is 52.7 Å². The Morgan fingerprint density at radius 3 is 2.07 bits per heavy atom. The molecule has 0 unspecified atom stereocenters. The van der Waals surface area contributed by atoms with Gasteiger partial charge in [-0.2, -0.15) is 0 Å². The van der Waals surface area contributed by atoms with Crippen molar-refractivity contribution in [3.05, 3.63) is 65.5 Å². The van der Waals surface area contributed by atoms with E-state index in [2.05, 4.69) is 5.32 Å². The number of hydrogen-bond acceptors (Lipinski definition) is 3. The van der Waals surface area contributed by atoms with E-state index < -0.39 is 0 Å². The van der Waals surface area contributed by atoms with Gasteiger partial charge in [-0.05, 0) is 61.4 Å². The fourth-order valence-electron chi connectivity index (χ4n) is 3.18. The summed E-state index contributed by atoms with van der Waals surface area (Å²) in [5.41, 5.74) is 2.16. The van der Waals surface area contributed by atoms with Gasteiger partial charge in [0.2, 0.25) is 0 Å². The number of nitrogens with zero attached hydrogens (tertiary/aromatic N) is 2. The van der Waals surface area contributed by atoms with Crippen molar-refractivity contribution >= 4 is 17.5 Å². The van der Waals surface area contributed by atoms with Crippen LogP contribution in [0.5, 0.6) is 0 Å². The molecule has 142 valence electrons. The lowest BCUT2D eigenvalue weighted by Gasteiger charge is -2.32. The van der Waals surface area contributed by atoms with Crippen molar-refractivity contribution in [3.63, 3.8) is 0 Å². The molecule has 5 nitrogen and oxygen atoms in total. The maximum atomic E-state index is 13.0. The van der Waals surface area contributed by atoms with Gasteiger partial charge in [-0.1, -0.05) is 0 Å². The molecule has 0 bridgehead atoms. The summed E-state index contributed by atoms with van der Waals surface area (Å²) in [5, 5.41) is 3.05. The minimum Gasteiger partial charge on any atom is -0.378 e. The summed E-state index contributed by atoms with van der Waals surface area (Å²) in [7, 11) is 3.91. The second kappa shape index (κ2) is 8.20. The fraction of sp³-hybridized carbons (Fsp3) is 0.333. The van der Waals surface area contributed by atoms with Crippen LogP contribution in [-0.2, 0) is 0 Å². The number of piperidine rings is 1. The first-order chi connectivity index (χ1) is 12.9. The highest BCUT2D eigenvalue weighted by atomic mass is 19.1. The molecule has 1 N–H and O–H groups in total. The van der Waals surface area contributed by atoms with Gasteiger partial charge in [0.1, 0.15) is 5.82 Å². The second-order valence-electron chi connectivity index (χ2n) is 6.99. The van der Waals surface area contributed by atoms with Gasteiger partial charge in [0.05, 0.1) is 0 Å². The molecule has 2 aromatic rings. The van der Waals surface area contributed by atoms with Gasteiger partial charge in [0.15, 0.2) is 0 Å². The molecule has 1 heterocycles. The third-order valence-corrected chi connectivity index (χ3v) is 4.85. The van der Waals surface area contributed by atoms with Crippen LogP contribution in [0.3, 0.4) is 0 Å². The number of halogens is 1. The normalized spacial score (nSPS) is 14.7. The Balaban J connectivity index is 1.52. The molecule has 2 aromatic carbocycles. The van der Waals surface area contributed by atoms with Gasteiger partial charge >= 0.3 is 0 Å². The highest BCUT2D eigenvalue weighted by Gasteiger charge is 2.24. The van der Waals surface area contributed by atoms with Gasteiger partial charge < -0.3 is 15.1 Å². The van der Waals surface area contributed by atoms with Crippen molar-refractivity contribution in [2.24, 2.45) is 0 Å². The average Bonchev–Trinajstić information content (AvgIpc) is 2.68. The maximum absolute atomic E-state index is 13.0. The molecule has 1 aliphatic heterocycles. The Hall–Kier alpha value is -2.89. The molecule has 1 saturated heterocycles. The first kappa shape index (κ1) is 18.9. The van der Waals surface area contributed by atoms with Crippen molar-refractivity contribution in [1.82, 2.24) is 10.2 Å². The number of hydrogen-bond donors (Lipinski definition) is 1. The number of anilines is 1. The van der Waals surface area contributed by atoms with Crippen LogP contribution >= 0.6 is 0 Å². The van der Waals surface area contributed by atoms with E-state index >= 15 is 0 Å². The van der Waals surface area contributed by atoms with Crippen LogP contribution in [-0.4, -0.2) is 49.9 Å². The fourth-order valence-corrected chi connectivity index (χ4v) is 3.18. The molecule has 1 fully saturated rings. The summed E-state index contributed by atoms with van der Waals surface area (Å²) in [6, 6.07) is 13.1. The lowest BCUT2D eigenvalue weighted by Crippen LogP contribution is -2.46. The van der Waals surface area contributed by atoms with Gasteiger partial charge in [-0.25, -0.2) is 4.39 Å². The number of carbonyl (C=O) groups is 2. The zero-order valence-electron chi connectivity index (χ0n) is 15.6. The monoisotopic (exact) mass is 369 g/mol. The van der Waals surface area contributed by atoms with E-state index in [9.17, 15) is 14.0 Å². The molecule has 27 heavy (non-hydrogen) atoms. The van der Waals surface area contributed by atoms with Gasteiger partial charge in [-0.15, -0.1) is 0 Å². The standard InChI is InChI=1S/C21H24FN3O2/c1-24(2)19-9-5-15(6-10-19)20(26)23-18-11-13-25(14-12-18)21(27)16-3-7-17(22)8-4-16/h3-10,18H,11-14H2,1-2H3,(H,23,26). The summed E-state index contributed by atoms with van der Waals surface area (Å²) >= 11 is 0. The van der Waals surface area contributed by atoms with Crippen LogP contribution in [0.2, 0.25) is 0 Å². The highest BCUT2D eigenvalue weighted by molar-refractivity contribution is 5.95. The third kappa shape index (κ3) is 4.64. The molecule has 1 aliphatic rings. The zero-order valence-corrected chi connectivity index (χ0v) is 15.6. The molecular formula is C21H24FN3O2. The van der Waals surface area contributed by atoms with E-state index in [0.717, 1.165) is 5.69 Å². The Bertz CT molecular complexity index is 795. The first-order valence-electron chi connectivity index (χ1n) is 9.07.